The van der Waals surface area contributed by atoms with Crippen molar-refractivity contribution in [1.29, 1.82) is 0 Å². The summed E-state index contributed by atoms with van der Waals surface area (Å²) in [6.07, 6.45) is 0. The second-order valence-electron chi connectivity index (χ2n) is 6.79. The number of ether oxygens (including phenoxy) is 1. The summed E-state index contributed by atoms with van der Waals surface area (Å²) in [6, 6.07) is 10.3. The zero-order chi connectivity index (χ0) is 18.9. The third-order valence-electron chi connectivity index (χ3n) is 4.01. The molecule has 1 aliphatic heterocycles. The summed E-state index contributed by atoms with van der Waals surface area (Å²) >= 11 is 0. The zero-order valence-electron chi connectivity index (χ0n) is 14.4. The minimum atomic E-state index is -3.81. The number of sulfonamides is 1. The highest BCUT2D eigenvalue weighted by Gasteiger charge is 2.32. The van der Waals surface area contributed by atoms with Crippen LogP contribution in [0.5, 0.6) is 5.75 Å². The van der Waals surface area contributed by atoms with Crippen LogP contribution < -0.4 is 14.8 Å². The Labute approximate surface area is 151 Å². The molecule has 2 N–H and O–H groups in total. The number of nitrogens with one attached hydrogen (secondary N) is 2. The van der Waals surface area contributed by atoms with E-state index < -0.39 is 27.0 Å². The van der Waals surface area contributed by atoms with Gasteiger partial charge >= 0.3 is 0 Å². The lowest BCUT2D eigenvalue weighted by atomic mass is 9.94. The average molecular weight is 378 g/mol. The normalized spacial score (nSPS) is 16.0. The quantitative estimate of drug-likeness (QED) is 0.856. The van der Waals surface area contributed by atoms with Gasteiger partial charge in [-0.15, -0.1) is 0 Å². The number of hydrogen-bond acceptors (Lipinski definition) is 4. The van der Waals surface area contributed by atoms with Gasteiger partial charge in [-0.25, -0.2) is 12.8 Å². The average Bonchev–Trinajstić information content (AvgIpc) is 2.66. The first kappa shape index (κ1) is 18.2. The van der Waals surface area contributed by atoms with Crippen molar-refractivity contribution in [3.63, 3.8) is 0 Å². The molecule has 3 rings (SSSR count). The van der Waals surface area contributed by atoms with Crippen molar-refractivity contribution in [1.82, 2.24) is 0 Å². The molecule has 0 bridgehead atoms. The molecule has 26 heavy (non-hydrogen) atoms. The largest absolute Gasteiger partial charge is 0.490 e. The number of rotatable bonds is 4. The van der Waals surface area contributed by atoms with Gasteiger partial charge in [0.25, 0.3) is 0 Å². The highest BCUT2D eigenvalue weighted by Crippen LogP contribution is 2.34. The maximum absolute atomic E-state index is 13.7. The maximum atomic E-state index is 13.7. The van der Waals surface area contributed by atoms with E-state index >= 15 is 0 Å². The van der Waals surface area contributed by atoms with Gasteiger partial charge in [-0.2, -0.15) is 0 Å². The topological polar surface area (TPSA) is 84.5 Å². The minimum absolute atomic E-state index is 0.0834. The third kappa shape index (κ3) is 3.96. The fourth-order valence-electron chi connectivity index (χ4n) is 2.46. The third-order valence-corrected chi connectivity index (χ3v) is 5.25. The number of amides is 1. The number of anilines is 2. The standard InChI is InChI=1S/C18H19FN2O4S/c1-18(2)11-25-16-9-13(7-8-15(16)20-17(18)22)21-26(23,24)10-12-5-3-4-6-14(12)19/h3-9,21H,10-11H2,1-2H3,(H,20,22). The van der Waals surface area contributed by atoms with Crippen LogP contribution in [0.3, 0.4) is 0 Å². The highest BCUT2D eigenvalue weighted by atomic mass is 32.2. The molecule has 8 heteroatoms. The van der Waals surface area contributed by atoms with Crippen LogP contribution in [0.4, 0.5) is 15.8 Å². The molecule has 2 aromatic rings. The van der Waals surface area contributed by atoms with Crippen molar-refractivity contribution < 1.29 is 22.3 Å². The molecule has 0 spiro atoms. The first-order chi connectivity index (χ1) is 12.2. The van der Waals surface area contributed by atoms with Crippen molar-refractivity contribution in [2.75, 3.05) is 16.6 Å². The van der Waals surface area contributed by atoms with E-state index in [2.05, 4.69) is 10.0 Å². The summed E-state index contributed by atoms with van der Waals surface area (Å²) in [6.45, 7) is 3.68. The van der Waals surface area contributed by atoms with Crippen LogP contribution in [-0.2, 0) is 20.6 Å². The van der Waals surface area contributed by atoms with Gasteiger partial charge in [0.1, 0.15) is 18.2 Å². The van der Waals surface area contributed by atoms with Crippen molar-refractivity contribution in [3.8, 4) is 5.75 Å². The lowest BCUT2D eigenvalue weighted by molar-refractivity contribution is -0.124. The van der Waals surface area contributed by atoms with Gasteiger partial charge in [-0.3, -0.25) is 9.52 Å². The molecule has 0 saturated carbocycles. The first-order valence-electron chi connectivity index (χ1n) is 7.98. The molecule has 6 nitrogen and oxygen atoms in total. The zero-order valence-corrected chi connectivity index (χ0v) is 15.2. The number of carbonyl (C=O) groups is 1. The predicted molar refractivity (Wildman–Crippen MR) is 97.0 cm³/mol. The smallest absolute Gasteiger partial charge is 0.237 e. The predicted octanol–water partition coefficient (Wildman–Crippen LogP) is 3.12. The van der Waals surface area contributed by atoms with Crippen LogP contribution in [0, 0.1) is 11.2 Å². The molecule has 1 amide bonds. The van der Waals surface area contributed by atoms with Crippen LogP contribution in [-0.4, -0.2) is 20.9 Å². The maximum Gasteiger partial charge on any atom is 0.237 e. The van der Waals surface area contributed by atoms with Crippen LogP contribution in [0.2, 0.25) is 0 Å². The van der Waals surface area contributed by atoms with E-state index in [1.165, 1.54) is 30.3 Å². The number of carbonyl (C=O) groups excluding carboxylic acids is 1. The van der Waals surface area contributed by atoms with E-state index in [9.17, 15) is 17.6 Å². The highest BCUT2D eigenvalue weighted by molar-refractivity contribution is 7.91. The summed E-state index contributed by atoms with van der Waals surface area (Å²) in [4.78, 5) is 12.1. The Hall–Kier alpha value is -2.61. The molecular formula is C18H19FN2O4S. The van der Waals surface area contributed by atoms with E-state index in [-0.39, 0.29) is 23.8 Å². The molecule has 1 heterocycles. The Morgan fingerprint density at radius 3 is 2.69 bits per heavy atom. The van der Waals surface area contributed by atoms with Crippen LogP contribution in [0.1, 0.15) is 19.4 Å². The van der Waals surface area contributed by atoms with Crippen molar-refractivity contribution >= 4 is 27.3 Å². The van der Waals surface area contributed by atoms with E-state index in [0.29, 0.717) is 11.4 Å². The van der Waals surface area contributed by atoms with Gasteiger partial charge in [-0.05, 0) is 32.0 Å². The molecule has 138 valence electrons. The Kier molecular flexibility index (Phi) is 4.62. The summed E-state index contributed by atoms with van der Waals surface area (Å²) in [7, 11) is -3.81. The summed E-state index contributed by atoms with van der Waals surface area (Å²) in [5.74, 6) is -0.867. The summed E-state index contributed by atoms with van der Waals surface area (Å²) in [5.41, 5.74) is 0.121. The molecule has 0 aromatic heterocycles. The van der Waals surface area contributed by atoms with Gasteiger partial charge in [0, 0.05) is 11.6 Å². The van der Waals surface area contributed by atoms with Gasteiger partial charge in [-0.1, -0.05) is 18.2 Å². The van der Waals surface area contributed by atoms with Crippen molar-refractivity contribution in [2.45, 2.75) is 19.6 Å². The molecule has 0 aliphatic carbocycles. The fourth-order valence-corrected chi connectivity index (χ4v) is 3.66. The molecule has 0 saturated heterocycles. The molecule has 1 aliphatic rings. The molecule has 0 radical (unpaired) electrons. The Balaban J connectivity index is 1.80. The van der Waals surface area contributed by atoms with Crippen LogP contribution in [0.25, 0.3) is 0 Å². The van der Waals surface area contributed by atoms with Gasteiger partial charge in [0.05, 0.1) is 22.5 Å². The van der Waals surface area contributed by atoms with E-state index in [1.54, 1.807) is 26.0 Å². The lowest BCUT2D eigenvalue weighted by Gasteiger charge is -2.18. The van der Waals surface area contributed by atoms with E-state index in [4.69, 9.17) is 4.74 Å². The molecule has 0 fully saturated rings. The van der Waals surface area contributed by atoms with E-state index in [1.807, 2.05) is 0 Å². The number of halogens is 1. The first-order valence-corrected chi connectivity index (χ1v) is 9.64. The number of benzene rings is 2. The monoisotopic (exact) mass is 378 g/mol. The van der Waals surface area contributed by atoms with Crippen LogP contribution >= 0.6 is 0 Å². The minimum Gasteiger partial charge on any atom is -0.490 e. The van der Waals surface area contributed by atoms with Gasteiger partial charge < -0.3 is 10.1 Å². The summed E-state index contributed by atoms with van der Waals surface area (Å²) in [5, 5.41) is 2.76. The molecular weight excluding hydrogens is 359 g/mol. The molecule has 0 atom stereocenters. The Bertz CT molecular complexity index is 957. The van der Waals surface area contributed by atoms with Crippen LogP contribution in [0.15, 0.2) is 42.5 Å². The van der Waals surface area contributed by atoms with Crippen molar-refractivity contribution in [2.24, 2.45) is 5.41 Å². The Morgan fingerprint density at radius 1 is 1.23 bits per heavy atom. The van der Waals surface area contributed by atoms with Crippen molar-refractivity contribution in [3.05, 3.63) is 53.8 Å². The van der Waals surface area contributed by atoms with E-state index in [0.717, 1.165) is 0 Å². The van der Waals surface area contributed by atoms with Gasteiger partial charge in [0.15, 0.2) is 0 Å². The molecule has 2 aromatic carbocycles. The SMILES string of the molecule is CC1(C)COc2cc(NS(=O)(=O)Cc3ccccc3F)ccc2NC1=O. The summed E-state index contributed by atoms with van der Waals surface area (Å²) < 4.78 is 46.4. The Morgan fingerprint density at radius 2 is 1.96 bits per heavy atom. The van der Waals surface area contributed by atoms with Gasteiger partial charge in [0.2, 0.25) is 15.9 Å². The second kappa shape index (κ2) is 6.60. The fraction of sp³-hybridized carbons (Fsp3) is 0.278. The second-order valence-corrected chi connectivity index (χ2v) is 8.51. The number of fused-ring (bicyclic) bond motifs is 1. The lowest BCUT2D eigenvalue weighted by Crippen LogP contribution is -2.33. The number of hydrogen-bond donors (Lipinski definition) is 2. The molecule has 0 unspecified atom stereocenters.